The van der Waals surface area contributed by atoms with Crippen LogP contribution in [0, 0.1) is 0 Å². The molecule has 1 aliphatic rings. The van der Waals surface area contributed by atoms with Gasteiger partial charge in [0.2, 0.25) is 5.91 Å². The van der Waals surface area contributed by atoms with E-state index in [0.29, 0.717) is 12.3 Å². The van der Waals surface area contributed by atoms with E-state index in [0.717, 1.165) is 22.5 Å². The molecule has 4 rings (SSSR count). The second-order valence-electron chi connectivity index (χ2n) is 7.36. The summed E-state index contributed by atoms with van der Waals surface area (Å²) in [5.74, 6) is -0.582. The van der Waals surface area contributed by atoms with E-state index in [-0.39, 0.29) is 25.3 Å². The SMILES string of the molecule is COc1cccc(CC(=O)N2Cc3ncn(Cc4ccccc4)c3C[C@H]2C(=O)O)c1. The monoisotopic (exact) mass is 405 g/mol. The largest absolute Gasteiger partial charge is 0.497 e. The third-order valence-corrected chi connectivity index (χ3v) is 5.41. The highest BCUT2D eigenvalue weighted by molar-refractivity contribution is 5.85. The Morgan fingerprint density at radius 3 is 2.63 bits per heavy atom. The summed E-state index contributed by atoms with van der Waals surface area (Å²) in [4.78, 5) is 30.8. The van der Waals surface area contributed by atoms with Gasteiger partial charge in [0.05, 0.1) is 32.1 Å². The Morgan fingerprint density at radius 1 is 1.13 bits per heavy atom. The van der Waals surface area contributed by atoms with Crippen LogP contribution >= 0.6 is 0 Å². The lowest BCUT2D eigenvalue weighted by Gasteiger charge is -2.33. The first-order valence-electron chi connectivity index (χ1n) is 9.77. The topological polar surface area (TPSA) is 84.7 Å². The Balaban J connectivity index is 1.56. The molecule has 2 aromatic carbocycles. The van der Waals surface area contributed by atoms with Crippen LogP contribution in [0.4, 0.5) is 0 Å². The summed E-state index contributed by atoms with van der Waals surface area (Å²) in [6, 6.07) is 16.3. The molecule has 1 aliphatic heterocycles. The van der Waals surface area contributed by atoms with Crippen LogP contribution in [0.25, 0.3) is 0 Å². The van der Waals surface area contributed by atoms with Crippen molar-refractivity contribution in [2.75, 3.05) is 7.11 Å². The molecule has 0 spiro atoms. The Hall–Kier alpha value is -3.61. The van der Waals surface area contributed by atoms with Gasteiger partial charge in [-0.25, -0.2) is 9.78 Å². The van der Waals surface area contributed by atoms with Gasteiger partial charge in [0.15, 0.2) is 0 Å². The molecule has 7 nitrogen and oxygen atoms in total. The number of hydrogen-bond donors (Lipinski definition) is 1. The zero-order valence-corrected chi connectivity index (χ0v) is 16.7. The molecule has 0 bridgehead atoms. The number of carbonyl (C=O) groups is 2. The lowest BCUT2D eigenvalue weighted by molar-refractivity contribution is -0.151. The molecule has 154 valence electrons. The van der Waals surface area contributed by atoms with Crippen LogP contribution in [0.3, 0.4) is 0 Å². The Morgan fingerprint density at radius 2 is 1.90 bits per heavy atom. The number of aliphatic carboxylic acids is 1. The molecule has 0 saturated heterocycles. The smallest absolute Gasteiger partial charge is 0.326 e. The molecular weight excluding hydrogens is 382 g/mol. The van der Waals surface area contributed by atoms with Gasteiger partial charge < -0.3 is 19.3 Å². The maximum absolute atomic E-state index is 13.0. The summed E-state index contributed by atoms with van der Waals surface area (Å²) in [6.45, 7) is 0.810. The number of hydrogen-bond acceptors (Lipinski definition) is 4. The van der Waals surface area contributed by atoms with E-state index in [1.165, 1.54) is 4.90 Å². The van der Waals surface area contributed by atoms with Gasteiger partial charge >= 0.3 is 5.97 Å². The van der Waals surface area contributed by atoms with Crippen molar-refractivity contribution < 1.29 is 19.4 Å². The second kappa shape index (κ2) is 8.41. The van der Waals surface area contributed by atoms with Gasteiger partial charge in [0, 0.05) is 18.7 Å². The van der Waals surface area contributed by atoms with Gasteiger partial charge in [-0.05, 0) is 23.3 Å². The minimum atomic E-state index is -1.01. The number of aromatic nitrogens is 2. The van der Waals surface area contributed by atoms with Crippen molar-refractivity contribution in [3.63, 3.8) is 0 Å². The standard InChI is InChI=1S/C23H23N3O4/c1-30-18-9-5-8-17(10-18)11-22(27)26-14-19-20(12-21(26)23(28)29)25(15-24-19)13-16-6-3-2-4-7-16/h2-10,15,21H,11-14H2,1H3,(H,28,29)/t21-/m0/s1. The number of nitrogens with zero attached hydrogens (tertiary/aromatic N) is 3. The Bertz CT molecular complexity index is 1060. The molecule has 1 N–H and O–H groups in total. The quantitative estimate of drug-likeness (QED) is 0.681. The second-order valence-corrected chi connectivity index (χ2v) is 7.36. The van der Waals surface area contributed by atoms with Gasteiger partial charge in [-0.15, -0.1) is 0 Å². The number of carbonyl (C=O) groups excluding carboxylic acids is 1. The minimum Gasteiger partial charge on any atom is -0.497 e. The fraction of sp³-hybridized carbons (Fsp3) is 0.261. The predicted octanol–water partition coefficient (Wildman–Crippen LogP) is 2.52. The fourth-order valence-electron chi connectivity index (χ4n) is 3.84. The maximum Gasteiger partial charge on any atom is 0.326 e. The number of methoxy groups -OCH3 is 1. The van der Waals surface area contributed by atoms with Crippen molar-refractivity contribution in [1.82, 2.24) is 14.5 Å². The van der Waals surface area contributed by atoms with Crippen molar-refractivity contribution in [1.29, 1.82) is 0 Å². The van der Waals surface area contributed by atoms with E-state index < -0.39 is 12.0 Å². The van der Waals surface area contributed by atoms with Gasteiger partial charge in [-0.2, -0.15) is 0 Å². The molecule has 0 saturated carbocycles. The zero-order valence-electron chi connectivity index (χ0n) is 16.7. The van der Waals surface area contributed by atoms with Gasteiger partial charge in [-0.1, -0.05) is 42.5 Å². The third-order valence-electron chi connectivity index (χ3n) is 5.41. The van der Waals surface area contributed by atoms with E-state index in [1.54, 1.807) is 25.6 Å². The van der Waals surface area contributed by atoms with Gasteiger partial charge in [-0.3, -0.25) is 4.79 Å². The summed E-state index contributed by atoms with van der Waals surface area (Å²) in [5, 5.41) is 9.81. The first-order valence-corrected chi connectivity index (χ1v) is 9.77. The molecular formula is C23H23N3O4. The minimum absolute atomic E-state index is 0.112. The number of ether oxygens (including phenoxy) is 1. The molecule has 30 heavy (non-hydrogen) atoms. The summed E-state index contributed by atoms with van der Waals surface area (Å²) in [5.41, 5.74) is 3.52. The normalized spacial score (nSPS) is 15.5. The third kappa shape index (κ3) is 4.05. The van der Waals surface area contributed by atoms with Crippen LogP contribution in [0.1, 0.15) is 22.5 Å². The van der Waals surface area contributed by atoms with Crippen LogP contribution < -0.4 is 4.74 Å². The average Bonchev–Trinajstić information content (AvgIpc) is 3.15. The van der Waals surface area contributed by atoms with Crippen LogP contribution in [-0.4, -0.2) is 44.6 Å². The lowest BCUT2D eigenvalue weighted by atomic mass is 10.0. The first kappa shape index (κ1) is 19.7. The molecule has 1 aromatic heterocycles. The molecule has 3 aromatic rings. The van der Waals surface area contributed by atoms with Crippen molar-refractivity contribution in [2.24, 2.45) is 0 Å². The highest BCUT2D eigenvalue weighted by Crippen LogP contribution is 2.25. The molecule has 1 amide bonds. The van der Waals surface area contributed by atoms with Crippen LogP contribution in [-0.2, 0) is 35.5 Å². The summed E-state index contributed by atoms with van der Waals surface area (Å²) in [6.07, 6.45) is 2.08. The fourth-order valence-corrected chi connectivity index (χ4v) is 3.84. The summed E-state index contributed by atoms with van der Waals surface area (Å²) >= 11 is 0. The number of fused-ring (bicyclic) bond motifs is 1. The van der Waals surface area contributed by atoms with Gasteiger partial charge in [0.1, 0.15) is 11.8 Å². The zero-order chi connectivity index (χ0) is 21.1. The van der Waals surface area contributed by atoms with E-state index in [4.69, 9.17) is 4.74 Å². The van der Waals surface area contributed by atoms with Crippen LogP contribution in [0.15, 0.2) is 60.9 Å². The van der Waals surface area contributed by atoms with E-state index in [2.05, 4.69) is 4.98 Å². The van der Waals surface area contributed by atoms with E-state index >= 15 is 0 Å². The Labute approximate surface area is 174 Å². The van der Waals surface area contributed by atoms with Crippen LogP contribution in [0.2, 0.25) is 0 Å². The molecule has 0 aliphatic carbocycles. The van der Waals surface area contributed by atoms with Crippen molar-refractivity contribution in [2.45, 2.75) is 32.0 Å². The van der Waals surface area contributed by atoms with E-state index in [9.17, 15) is 14.7 Å². The van der Waals surface area contributed by atoms with Gasteiger partial charge in [0.25, 0.3) is 0 Å². The number of carboxylic acid groups (broad SMARTS) is 1. The molecule has 0 unspecified atom stereocenters. The van der Waals surface area contributed by atoms with E-state index in [1.807, 2.05) is 47.0 Å². The number of carboxylic acids is 1. The first-order chi connectivity index (χ1) is 14.5. The Kier molecular flexibility index (Phi) is 5.52. The number of amides is 1. The van der Waals surface area contributed by atoms with Crippen molar-refractivity contribution >= 4 is 11.9 Å². The van der Waals surface area contributed by atoms with Crippen molar-refractivity contribution in [3.8, 4) is 5.75 Å². The molecule has 7 heteroatoms. The molecule has 0 fully saturated rings. The summed E-state index contributed by atoms with van der Waals surface area (Å²) < 4.78 is 7.18. The molecule has 0 radical (unpaired) electrons. The van der Waals surface area contributed by atoms with Crippen LogP contribution in [0.5, 0.6) is 5.75 Å². The lowest BCUT2D eigenvalue weighted by Crippen LogP contribution is -2.49. The average molecular weight is 405 g/mol. The highest BCUT2D eigenvalue weighted by Gasteiger charge is 2.36. The number of imidazole rings is 1. The number of benzene rings is 2. The highest BCUT2D eigenvalue weighted by atomic mass is 16.5. The maximum atomic E-state index is 13.0. The summed E-state index contributed by atoms with van der Waals surface area (Å²) in [7, 11) is 1.57. The predicted molar refractivity (Wildman–Crippen MR) is 110 cm³/mol. The molecule has 2 heterocycles. The van der Waals surface area contributed by atoms with Crippen molar-refractivity contribution in [3.05, 3.63) is 83.4 Å². The number of rotatable bonds is 6. The molecule has 1 atom stereocenters.